The van der Waals surface area contributed by atoms with E-state index in [2.05, 4.69) is 10.3 Å². The summed E-state index contributed by atoms with van der Waals surface area (Å²) in [5.74, 6) is -0.201. The Bertz CT molecular complexity index is 383. The molecule has 2 atom stereocenters. The van der Waals surface area contributed by atoms with E-state index in [0.29, 0.717) is 5.75 Å². The normalized spacial score (nSPS) is 25.4. The first kappa shape index (κ1) is 10.4. The SMILES string of the molecule is Cc1cccc([C@@H]2N[C@H](C(=O)O)CS2)n1. The van der Waals surface area contributed by atoms with Gasteiger partial charge in [0.1, 0.15) is 6.04 Å². The number of thioether (sulfide) groups is 1. The zero-order chi connectivity index (χ0) is 10.8. The zero-order valence-corrected chi connectivity index (χ0v) is 9.12. The molecule has 4 nitrogen and oxygen atoms in total. The first-order valence-electron chi connectivity index (χ1n) is 4.71. The quantitative estimate of drug-likeness (QED) is 0.789. The van der Waals surface area contributed by atoms with Crippen molar-refractivity contribution in [3.63, 3.8) is 0 Å². The van der Waals surface area contributed by atoms with Crippen LogP contribution in [0.4, 0.5) is 0 Å². The Morgan fingerprint density at radius 1 is 1.67 bits per heavy atom. The Kier molecular flexibility index (Phi) is 2.93. The van der Waals surface area contributed by atoms with Crippen molar-refractivity contribution in [2.45, 2.75) is 18.3 Å². The molecule has 1 aliphatic rings. The summed E-state index contributed by atoms with van der Waals surface area (Å²) in [6.07, 6.45) is 0. The number of hydrogen-bond donors (Lipinski definition) is 2. The van der Waals surface area contributed by atoms with Gasteiger partial charge in [-0.2, -0.15) is 0 Å². The topological polar surface area (TPSA) is 62.2 Å². The minimum absolute atomic E-state index is 0.00556. The molecular weight excluding hydrogens is 212 g/mol. The molecule has 15 heavy (non-hydrogen) atoms. The summed E-state index contributed by atoms with van der Waals surface area (Å²) in [6, 6.07) is 5.33. The van der Waals surface area contributed by atoms with Crippen LogP contribution >= 0.6 is 11.8 Å². The molecule has 2 N–H and O–H groups in total. The summed E-state index contributed by atoms with van der Waals surface area (Å²) >= 11 is 1.59. The van der Waals surface area contributed by atoms with E-state index < -0.39 is 12.0 Å². The summed E-state index contributed by atoms with van der Waals surface area (Å²) < 4.78 is 0. The third-order valence-corrected chi connectivity index (χ3v) is 3.50. The van der Waals surface area contributed by atoms with Gasteiger partial charge in [0.15, 0.2) is 0 Å². The van der Waals surface area contributed by atoms with Gasteiger partial charge in [-0.3, -0.25) is 15.1 Å². The maximum atomic E-state index is 10.7. The number of rotatable bonds is 2. The highest BCUT2D eigenvalue weighted by Crippen LogP contribution is 2.31. The number of nitrogens with one attached hydrogen (secondary N) is 1. The fourth-order valence-corrected chi connectivity index (χ4v) is 2.68. The van der Waals surface area contributed by atoms with Crippen LogP contribution in [-0.2, 0) is 4.79 Å². The first-order chi connectivity index (χ1) is 7.16. The molecule has 0 radical (unpaired) electrons. The molecule has 2 rings (SSSR count). The van der Waals surface area contributed by atoms with Crippen molar-refractivity contribution in [1.29, 1.82) is 0 Å². The highest BCUT2D eigenvalue weighted by molar-refractivity contribution is 7.99. The average Bonchev–Trinajstić information content (AvgIpc) is 2.66. The van der Waals surface area contributed by atoms with E-state index in [0.717, 1.165) is 11.4 Å². The minimum atomic E-state index is -0.794. The van der Waals surface area contributed by atoms with E-state index in [1.54, 1.807) is 11.8 Å². The lowest BCUT2D eigenvalue weighted by Crippen LogP contribution is -2.33. The van der Waals surface area contributed by atoms with Gasteiger partial charge >= 0.3 is 5.97 Å². The smallest absolute Gasteiger partial charge is 0.321 e. The maximum Gasteiger partial charge on any atom is 0.321 e. The summed E-state index contributed by atoms with van der Waals surface area (Å²) in [7, 11) is 0. The molecule has 5 heteroatoms. The van der Waals surface area contributed by atoms with E-state index in [1.807, 2.05) is 25.1 Å². The molecule has 80 valence electrons. The average molecular weight is 224 g/mol. The van der Waals surface area contributed by atoms with Gasteiger partial charge in [0.05, 0.1) is 11.1 Å². The van der Waals surface area contributed by atoms with Gasteiger partial charge in [-0.25, -0.2) is 0 Å². The third kappa shape index (κ3) is 2.30. The highest BCUT2D eigenvalue weighted by Gasteiger charge is 2.30. The number of carboxylic acid groups (broad SMARTS) is 1. The Morgan fingerprint density at radius 3 is 3.07 bits per heavy atom. The van der Waals surface area contributed by atoms with Crippen LogP contribution in [0.3, 0.4) is 0 Å². The largest absolute Gasteiger partial charge is 0.480 e. The summed E-state index contributed by atoms with van der Waals surface area (Å²) in [5.41, 5.74) is 1.86. The molecule has 0 spiro atoms. The number of aromatic nitrogens is 1. The number of carboxylic acids is 1. The van der Waals surface area contributed by atoms with Crippen molar-refractivity contribution in [3.05, 3.63) is 29.6 Å². The molecule has 0 aromatic carbocycles. The zero-order valence-electron chi connectivity index (χ0n) is 8.30. The van der Waals surface area contributed by atoms with E-state index in [4.69, 9.17) is 5.11 Å². The second-order valence-electron chi connectivity index (χ2n) is 3.47. The lowest BCUT2D eigenvalue weighted by Gasteiger charge is -2.10. The number of hydrogen-bond acceptors (Lipinski definition) is 4. The number of carbonyl (C=O) groups is 1. The van der Waals surface area contributed by atoms with Crippen molar-refractivity contribution in [2.24, 2.45) is 0 Å². The van der Waals surface area contributed by atoms with Crippen molar-refractivity contribution < 1.29 is 9.90 Å². The van der Waals surface area contributed by atoms with E-state index in [-0.39, 0.29) is 5.37 Å². The lowest BCUT2D eigenvalue weighted by atomic mass is 10.3. The maximum absolute atomic E-state index is 10.7. The first-order valence-corrected chi connectivity index (χ1v) is 5.76. The molecule has 0 saturated carbocycles. The van der Waals surface area contributed by atoms with Crippen molar-refractivity contribution in [3.8, 4) is 0 Å². The predicted octanol–water partition coefficient (Wildman–Crippen LogP) is 1.18. The molecule has 0 amide bonds. The summed E-state index contributed by atoms with van der Waals surface area (Å²) in [5, 5.41) is 11.9. The van der Waals surface area contributed by atoms with E-state index in [1.165, 1.54) is 0 Å². The molecular formula is C10H12N2O2S. The molecule has 0 aliphatic carbocycles. The summed E-state index contributed by atoms with van der Waals surface area (Å²) in [4.78, 5) is 15.1. The van der Waals surface area contributed by atoms with Gasteiger partial charge in [-0.15, -0.1) is 11.8 Å². The Morgan fingerprint density at radius 2 is 2.47 bits per heavy atom. The van der Waals surface area contributed by atoms with Crippen LogP contribution in [0.25, 0.3) is 0 Å². The van der Waals surface area contributed by atoms with Crippen LogP contribution in [0.1, 0.15) is 16.8 Å². The molecule has 1 fully saturated rings. The van der Waals surface area contributed by atoms with Crippen LogP contribution in [0.2, 0.25) is 0 Å². The fourth-order valence-electron chi connectivity index (χ4n) is 1.49. The Balaban J connectivity index is 2.11. The highest BCUT2D eigenvalue weighted by atomic mass is 32.2. The van der Waals surface area contributed by atoms with Crippen LogP contribution in [0.5, 0.6) is 0 Å². The molecule has 2 heterocycles. The van der Waals surface area contributed by atoms with E-state index >= 15 is 0 Å². The molecule has 0 bridgehead atoms. The van der Waals surface area contributed by atoms with Gasteiger partial charge < -0.3 is 5.11 Å². The van der Waals surface area contributed by atoms with Gasteiger partial charge in [0.2, 0.25) is 0 Å². The second kappa shape index (κ2) is 4.20. The fraction of sp³-hybridized carbons (Fsp3) is 0.400. The van der Waals surface area contributed by atoms with Gasteiger partial charge in [0.25, 0.3) is 0 Å². The van der Waals surface area contributed by atoms with Gasteiger partial charge in [-0.05, 0) is 19.1 Å². The van der Waals surface area contributed by atoms with Crippen molar-refractivity contribution in [2.75, 3.05) is 5.75 Å². The molecule has 1 aromatic heterocycles. The minimum Gasteiger partial charge on any atom is -0.480 e. The monoisotopic (exact) mass is 224 g/mol. The van der Waals surface area contributed by atoms with Gasteiger partial charge in [-0.1, -0.05) is 6.07 Å². The number of pyridine rings is 1. The standard InChI is InChI=1S/C10H12N2O2S/c1-6-3-2-4-7(11-6)9-12-8(5-15-9)10(13)14/h2-4,8-9,12H,5H2,1H3,(H,13,14)/t8-,9+/m0/s1. The Labute approximate surface area is 92.1 Å². The second-order valence-corrected chi connectivity index (χ2v) is 4.61. The van der Waals surface area contributed by atoms with Crippen LogP contribution in [0, 0.1) is 6.92 Å². The number of nitrogens with zero attached hydrogens (tertiary/aromatic N) is 1. The number of aliphatic carboxylic acids is 1. The van der Waals surface area contributed by atoms with Crippen LogP contribution in [-0.4, -0.2) is 27.9 Å². The third-order valence-electron chi connectivity index (χ3n) is 2.26. The van der Waals surface area contributed by atoms with Crippen molar-refractivity contribution in [1.82, 2.24) is 10.3 Å². The Hall–Kier alpha value is -1.07. The van der Waals surface area contributed by atoms with E-state index in [9.17, 15) is 4.79 Å². The number of aryl methyl sites for hydroxylation is 1. The van der Waals surface area contributed by atoms with Crippen LogP contribution < -0.4 is 5.32 Å². The summed E-state index contributed by atoms with van der Waals surface area (Å²) in [6.45, 7) is 1.93. The van der Waals surface area contributed by atoms with Crippen molar-refractivity contribution >= 4 is 17.7 Å². The van der Waals surface area contributed by atoms with Gasteiger partial charge in [0, 0.05) is 11.4 Å². The van der Waals surface area contributed by atoms with Crippen LogP contribution in [0.15, 0.2) is 18.2 Å². The predicted molar refractivity (Wildman–Crippen MR) is 58.7 cm³/mol. The molecule has 1 aliphatic heterocycles. The lowest BCUT2D eigenvalue weighted by molar-refractivity contribution is -0.138. The molecule has 0 unspecified atom stereocenters. The molecule has 1 saturated heterocycles. The molecule has 1 aromatic rings.